The predicted octanol–water partition coefficient (Wildman–Crippen LogP) is 27.3. The van der Waals surface area contributed by atoms with Gasteiger partial charge >= 0.3 is 5.97 Å². The monoisotopic (exact) mass is 1520 g/mol. The van der Waals surface area contributed by atoms with E-state index in [1.807, 2.05) is 31.2 Å². The van der Waals surface area contributed by atoms with E-state index >= 15 is 0 Å². The fourth-order valence-corrected chi connectivity index (χ4v) is 29.4. The van der Waals surface area contributed by atoms with E-state index in [4.69, 9.17) is 14.2 Å². The molecular weight excluding hydrogens is 1390 g/mol. The van der Waals surface area contributed by atoms with Gasteiger partial charge in [0.05, 0.1) is 12.9 Å². The summed E-state index contributed by atoms with van der Waals surface area (Å²) in [4.78, 5) is 11.0. The first-order chi connectivity index (χ1) is 55.8. The standard InChI is InChI=1S/C21H22.C18H26.C17H20O3.C16H18O.C15H18.C14H18.C9H12/c1-2-4-18(5-3-1)19-10-6-16(7-11-19)8-12-20-14-17-9-13-21(20)15-17;1(3-15-9-13-5-7-17(15)11-13)2-4-16-10-14-6-8-18(16)12-14;1-11(18)20-16-6-4-13(10-17(16)19-2)9-15-8-12-3-5-14(15)7-12;1-11(2)17-15-5-3-4-13(10-15)16-9-12-6-7-14(16)8-12;1-2-10-11(3-1)13-7-12(10)14-8-4-5-9(6-8)15(13)14;1-2-8-5-11-7-12(8)14-10-4-3-9(6-10)13(11)14;1-2-8-5-7-3-4-9(8)6-7/h1-7,9-11,13,17,20-21H,8,12,14-15H2;5-8,13-18H,1-4,9-12H2;3-6,10,12,14-15H,7-9H2,1-2H3;3-7,10,12,14,16H,1,8-9H2,2H3;1-2,4-5,8-15H,3,6-7H2;2-4,9-14H,5-7H2,1H3;2-4,7,9H,5-6H2,1H3/b;;;;;2*8-2+. The first-order valence-corrected chi connectivity index (χ1v) is 46.7. The van der Waals surface area contributed by atoms with Crippen LogP contribution in [0, 0.1) is 178 Å². The number of carbonyl (C=O) groups excluding carboxylic acids is 1. The van der Waals surface area contributed by atoms with Crippen LogP contribution in [-0.4, -0.2) is 13.1 Å². The van der Waals surface area contributed by atoms with Crippen molar-refractivity contribution in [1.29, 1.82) is 0 Å². The molecule has 0 aliphatic heterocycles. The van der Waals surface area contributed by atoms with Gasteiger partial charge in [-0.25, -0.2) is 0 Å². The average molecular weight is 1520 g/mol. The van der Waals surface area contributed by atoms with Gasteiger partial charge in [0.15, 0.2) is 11.5 Å². The zero-order valence-electron chi connectivity index (χ0n) is 69.7. The van der Waals surface area contributed by atoms with E-state index < -0.39 is 0 Å². The highest BCUT2D eigenvalue weighted by molar-refractivity contribution is 5.70. The van der Waals surface area contributed by atoms with Gasteiger partial charge in [-0.3, -0.25) is 4.79 Å². The molecule has 598 valence electrons. The van der Waals surface area contributed by atoms with Crippen LogP contribution in [0.15, 0.2) is 242 Å². The average Bonchev–Trinajstić information content (AvgIpc) is 1.59. The van der Waals surface area contributed by atoms with E-state index in [-0.39, 0.29) is 5.97 Å². The number of methoxy groups -OCH3 is 1. The highest BCUT2D eigenvalue weighted by Crippen LogP contribution is 2.71. The number of fused-ring (bicyclic) bond motifs is 33. The third-order valence-corrected chi connectivity index (χ3v) is 34.2. The van der Waals surface area contributed by atoms with Crippen LogP contribution in [0.3, 0.4) is 0 Å². The fraction of sp³-hybridized carbons (Fsp3) is 0.555. The first kappa shape index (κ1) is 76.8. The molecule has 0 amide bonds. The fourth-order valence-electron chi connectivity index (χ4n) is 29.4. The van der Waals surface area contributed by atoms with Gasteiger partial charge in [0.1, 0.15) is 5.75 Å². The SMILES string of the molecule is C/C=C1\CC2C=CC1C2.C/C=C1\CC2CC1C1C3C=CC(C3)C21.C1=CC2C(C1)C1CC2C2C3C=CC(C3)C12.C1=CC2CC1CC2CCCCC1CC2C=CC1C2.C1=CC2CC1CC2CCc1ccc(-c2ccccc2)cc1.C=C(C)Oc1cccc(C2CC3C=CC2C3)c1.COc1cc(CC2CC3C=CC2C3)ccc1OC(C)=O. The van der Waals surface area contributed by atoms with Crippen molar-refractivity contribution in [2.75, 3.05) is 7.11 Å². The van der Waals surface area contributed by atoms with Crippen molar-refractivity contribution in [2.45, 2.75) is 194 Å². The summed E-state index contributed by atoms with van der Waals surface area (Å²) in [5.74, 6) is 32.1. The van der Waals surface area contributed by atoms with Crippen molar-refractivity contribution in [3.05, 3.63) is 259 Å². The summed E-state index contributed by atoms with van der Waals surface area (Å²) in [6, 6.07) is 34.1. The second kappa shape index (κ2) is 33.7. The Morgan fingerprint density at radius 3 is 1.53 bits per heavy atom. The minimum atomic E-state index is -0.325. The molecule has 21 aliphatic carbocycles. The molecule has 4 aromatic carbocycles. The Morgan fingerprint density at radius 2 is 0.982 bits per heavy atom. The number of aryl methyl sites for hydroxylation is 1. The molecule has 4 aromatic rings. The predicted molar refractivity (Wildman–Crippen MR) is 469 cm³/mol. The quantitative estimate of drug-likeness (QED) is 0.0280. The van der Waals surface area contributed by atoms with E-state index in [0.717, 1.165) is 195 Å². The van der Waals surface area contributed by atoms with E-state index in [0.29, 0.717) is 17.4 Å². The molecule has 20 bridgehead atoms. The summed E-state index contributed by atoms with van der Waals surface area (Å²) in [5.41, 5.74) is 10.3. The summed E-state index contributed by atoms with van der Waals surface area (Å²) in [6.45, 7) is 11.5. The van der Waals surface area contributed by atoms with Crippen LogP contribution in [0.25, 0.3) is 11.1 Å². The lowest BCUT2D eigenvalue weighted by Crippen LogP contribution is -2.34. The minimum absolute atomic E-state index is 0.325. The molecule has 0 saturated heterocycles. The second-order valence-corrected chi connectivity index (χ2v) is 40.5. The summed E-state index contributed by atoms with van der Waals surface area (Å²) < 4.78 is 16.0. The molecule has 12 fully saturated rings. The van der Waals surface area contributed by atoms with Gasteiger partial charge in [0.25, 0.3) is 0 Å². The lowest BCUT2D eigenvalue weighted by Gasteiger charge is -2.38. The van der Waals surface area contributed by atoms with E-state index in [1.54, 1.807) is 24.7 Å². The van der Waals surface area contributed by atoms with Crippen LogP contribution in [0.1, 0.15) is 198 Å². The lowest BCUT2D eigenvalue weighted by atomic mass is 9.66. The molecule has 114 heavy (non-hydrogen) atoms. The van der Waals surface area contributed by atoms with Crippen molar-refractivity contribution in [1.82, 2.24) is 0 Å². The molecule has 12 saturated carbocycles. The van der Waals surface area contributed by atoms with E-state index in [9.17, 15) is 4.79 Å². The Morgan fingerprint density at radius 1 is 0.421 bits per heavy atom. The van der Waals surface area contributed by atoms with Gasteiger partial charge in [-0.1, -0.05) is 225 Å². The summed E-state index contributed by atoms with van der Waals surface area (Å²) in [5, 5.41) is 0. The number of allylic oxidation sites excluding steroid dienone is 23. The molecule has 0 N–H and O–H groups in total. The molecule has 31 atom stereocenters. The first-order valence-electron chi connectivity index (χ1n) is 46.7. The van der Waals surface area contributed by atoms with Crippen LogP contribution in [0.4, 0.5) is 0 Å². The molecule has 4 heteroatoms. The number of esters is 1. The number of ether oxygens (including phenoxy) is 3. The second-order valence-electron chi connectivity index (χ2n) is 40.5. The van der Waals surface area contributed by atoms with Gasteiger partial charge in [-0.2, -0.15) is 0 Å². The number of unbranched alkanes of at least 4 members (excludes halogenated alkanes) is 1. The maximum absolute atomic E-state index is 11.0. The van der Waals surface area contributed by atoms with E-state index in [2.05, 4.69) is 215 Å². The molecule has 0 radical (unpaired) electrons. The van der Waals surface area contributed by atoms with Crippen molar-refractivity contribution < 1.29 is 19.0 Å². The molecule has 4 nitrogen and oxygen atoms in total. The van der Waals surface area contributed by atoms with Crippen LogP contribution in [0.5, 0.6) is 17.2 Å². The van der Waals surface area contributed by atoms with Crippen LogP contribution >= 0.6 is 0 Å². The largest absolute Gasteiger partial charge is 0.493 e. The van der Waals surface area contributed by atoms with Crippen LogP contribution in [-0.2, 0) is 17.6 Å². The van der Waals surface area contributed by atoms with Crippen molar-refractivity contribution in [2.24, 2.45) is 178 Å². The number of hydrogen-bond donors (Lipinski definition) is 0. The zero-order valence-corrected chi connectivity index (χ0v) is 69.7. The van der Waals surface area contributed by atoms with Crippen molar-refractivity contribution in [3.8, 4) is 28.4 Å². The normalized spacial score (nSPS) is 41.0. The number of carbonyl (C=O) groups is 1. The van der Waals surface area contributed by atoms with Gasteiger partial charge in [-0.15, -0.1) is 0 Å². The Labute approximate surface area is 686 Å². The lowest BCUT2D eigenvalue weighted by molar-refractivity contribution is -0.132. The van der Waals surface area contributed by atoms with Gasteiger partial charge in [0.2, 0.25) is 0 Å². The topological polar surface area (TPSA) is 44.8 Å². The zero-order chi connectivity index (χ0) is 77.1. The highest BCUT2D eigenvalue weighted by Gasteiger charge is 2.64. The highest BCUT2D eigenvalue weighted by atomic mass is 16.6. The van der Waals surface area contributed by atoms with Crippen molar-refractivity contribution >= 4 is 5.97 Å². The molecular formula is C110H134O4. The Kier molecular flexibility index (Phi) is 22.7. The molecule has 31 unspecified atom stereocenters. The molecule has 0 heterocycles. The maximum Gasteiger partial charge on any atom is 0.308 e. The summed E-state index contributed by atoms with van der Waals surface area (Å²) in [7, 11) is 1.60. The van der Waals surface area contributed by atoms with Gasteiger partial charge in [-0.05, 0) is 404 Å². The van der Waals surface area contributed by atoms with Crippen LogP contribution < -0.4 is 14.2 Å². The smallest absolute Gasteiger partial charge is 0.308 e. The number of rotatable bonds is 16. The molecule has 25 rings (SSSR count). The third kappa shape index (κ3) is 16.0. The van der Waals surface area contributed by atoms with Crippen LogP contribution in [0.2, 0.25) is 0 Å². The Balaban J connectivity index is 0.0000000900. The maximum atomic E-state index is 11.0. The summed E-state index contributed by atoms with van der Waals surface area (Å²) in [6.07, 6.45) is 84.6. The van der Waals surface area contributed by atoms with Crippen molar-refractivity contribution in [3.63, 3.8) is 0 Å². The van der Waals surface area contributed by atoms with Gasteiger partial charge in [0, 0.05) is 6.92 Å². The number of hydrogen-bond acceptors (Lipinski definition) is 4. The Hall–Kier alpha value is -7.17. The summed E-state index contributed by atoms with van der Waals surface area (Å²) >= 11 is 0. The molecule has 0 spiro atoms. The third-order valence-electron chi connectivity index (χ3n) is 34.2. The minimum Gasteiger partial charge on any atom is -0.493 e. The van der Waals surface area contributed by atoms with E-state index in [1.165, 1.54) is 182 Å². The Bertz CT molecular complexity index is 4410. The number of benzene rings is 4. The molecule has 0 aromatic heterocycles. The van der Waals surface area contributed by atoms with Gasteiger partial charge < -0.3 is 14.2 Å². The molecule has 21 aliphatic rings.